The van der Waals surface area contributed by atoms with Crippen molar-refractivity contribution in [1.82, 2.24) is 9.62 Å². The van der Waals surface area contributed by atoms with Crippen molar-refractivity contribution in [3.8, 4) is 0 Å². The van der Waals surface area contributed by atoms with Gasteiger partial charge in [0.15, 0.2) is 0 Å². The molecule has 0 aromatic carbocycles. The van der Waals surface area contributed by atoms with E-state index in [9.17, 15) is 13.2 Å². The lowest BCUT2D eigenvalue weighted by atomic mass is 9.97. The van der Waals surface area contributed by atoms with Gasteiger partial charge in [-0.05, 0) is 19.8 Å². The zero-order chi connectivity index (χ0) is 15.3. The number of carbonyl (C=O) groups is 1. The fourth-order valence-corrected chi connectivity index (χ4v) is 4.34. The van der Waals surface area contributed by atoms with Crippen molar-refractivity contribution in [2.75, 3.05) is 45.0 Å². The Kier molecular flexibility index (Phi) is 6.01. The number of likely N-dealkylation sites (tertiary alicyclic amines) is 1. The monoisotopic (exact) mass is 318 g/mol. The van der Waals surface area contributed by atoms with Gasteiger partial charge in [0.25, 0.3) is 0 Å². The molecule has 21 heavy (non-hydrogen) atoms. The topological polar surface area (TPSA) is 70.9 Å². The van der Waals surface area contributed by atoms with Gasteiger partial charge in [0, 0.05) is 31.8 Å². The van der Waals surface area contributed by atoms with Gasteiger partial charge in [-0.2, -0.15) is 0 Å². The maximum absolute atomic E-state index is 12.1. The number of rotatable bonds is 6. The zero-order valence-electron chi connectivity index (χ0n) is 12.9. The van der Waals surface area contributed by atoms with Crippen molar-refractivity contribution in [2.45, 2.75) is 32.6 Å². The Morgan fingerprint density at radius 1 is 1.24 bits per heavy atom. The number of nitrogens with zero attached hydrogens (tertiary/aromatic N) is 1. The molecular formula is C14H28N3O3S+. The molecule has 2 saturated heterocycles. The van der Waals surface area contributed by atoms with E-state index in [0.717, 1.165) is 13.1 Å². The number of quaternary nitrogens is 1. The van der Waals surface area contributed by atoms with Crippen LogP contribution in [-0.4, -0.2) is 63.7 Å². The minimum absolute atomic E-state index is 0.0260. The molecule has 0 saturated carbocycles. The first kappa shape index (κ1) is 16.7. The minimum Gasteiger partial charge on any atom is -0.350 e. The Morgan fingerprint density at radius 2 is 1.86 bits per heavy atom. The standard InChI is InChI=1S/C14H27N3O3S/c1-2-21(19,20)17-10-5-13(6-11-17)14(18)15-7-12-16-8-3-4-9-16/h13H,2-12H2,1H3,(H,15,18)/p+1. The molecule has 6 nitrogen and oxygen atoms in total. The van der Waals surface area contributed by atoms with Crippen molar-refractivity contribution in [2.24, 2.45) is 5.92 Å². The summed E-state index contributed by atoms with van der Waals surface area (Å²) in [7, 11) is -3.10. The van der Waals surface area contributed by atoms with Gasteiger partial charge in [0.2, 0.25) is 15.9 Å². The molecular weight excluding hydrogens is 290 g/mol. The Morgan fingerprint density at radius 3 is 2.43 bits per heavy atom. The number of hydrogen-bond acceptors (Lipinski definition) is 3. The highest BCUT2D eigenvalue weighted by atomic mass is 32.2. The summed E-state index contributed by atoms with van der Waals surface area (Å²) in [6.07, 6.45) is 3.88. The third-order valence-electron chi connectivity index (χ3n) is 4.67. The van der Waals surface area contributed by atoms with E-state index in [1.54, 1.807) is 11.8 Å². The van der Waals surface area contributed by atoms with Crippen molar-refractivity contribution >= 4 is 15.9 Å². The lowest BCUT2D eigenvalue weighted by Gasteiger charge is -2.30. The number of piperidine rings is 1. The highest BCUT2D eigenvalue weighted by Gasteiger charge is 2.30. The van der Waals surface area contributed by atoms with Crippen LogP contribution in [0.1, 0.15) is 32.6 Å². The van der Waals surface area contributed by atoms with Gasteiger partial charge in [-0.3, -0.25) is 4.79 Å². The van der Waals surface area contributed by atoms with Gasteiger partial charge in [0.05, 0.1) is 31.9 Å². The summed E-state index contributed by atoms with van der Waals surface area (Å²) in [5.74, 6) is 0.215. The van der Waals surface area contributed by atoms with E-state index in [-0.39, 0.29) is 17.6 Å². The summed E-state index contributed by atoms with van der Waals surface area (Å²) >= 11 is 0. The maximum atomic E-state index is 12.1. The Labute approximate surface area is 127 Å². The molecule has 0 aromatic rings. The van der Waals surface area contributed by atoms with E-state index in [4.69, 9.17) is 0 Å². The average molecular weight is 318 g/mol. The van der Waals surface area contributed by atoms with Crippen molar-refractivity contribution in [1.29, 1.82) is 0 Å². The number of hydrogen-bond donors (Lipinski definition) is 2. The van der Waals surface area contributed by atoms with Crippen LogP contribution in [0.4, 0.5) is 0 Å². The highest BCUT2D eigenvalue weighted by molar-refractivity contribution is 7.89. The lowest BCUT2D eigenvalue weighted by Crippen LogP contribution is -3.10. The van der Waals surface area contributed by atoms with E-state index in [1.807, 2.05) is 0 Å². The van der Waals surface area contributed by atoms with Gasteiger partial charge >= 0.3 is 0 Å². The third-order valence-corrected chi connectivity index (χ3v) is 6.55. The molecule has 0 unspecified atom stereocenters. The second-order valence-corrected chi connectivity index (χ2v) is 8.33. The first-order valence-electron chi connectivity index (χ1n) is 8.12. The zero-order valence-corrected chi connectivity index (χ0v) is 13.8. The van der Waals surface area contributed by atoms with Gasteiger partial charge < -0.3 is 10.2 Å². The molecule has 0 spiro atoms. The highest BCUT2D eigenvalue weighted by Crippen LogP contribution is 2.19. The first-order valence-corrected chi connectivity index (χ1v) is 9.73. The first-order chi connectivity index (χ1) is 10.0. The van der Waals surface area contributed by atoms with Crippen molar-refractivity contribution in [3.05, 3.63) is 0 Å². The normalized spacial score (nSPS) is 22.5. The van der Waals surface area contributed by atoms with Crippen LogP contribution in [0.3, 0.4) is 0 Å². The second kappa shape index (κ2) is 7.56. The van der Waals surface area contributed by atoms with Gasteiger partial charge in [-0.15, -0.1) is 0 Å². The Hall–Kier alpha value is -0.660. The number of amides is 1. The van der Waals surface area contributed by atoms with E-state index < -0.39 is 10.0 Å². The van der Waals surface area contributed by atoms with Crippen LogP contribution in [0.5, 0.6) is 0 Å². The molecule has 2 rings (SSSR count). The minimum atomic E-state index is -3.10. The molecule has 122 valence electrons. The second-order valence-electron chi connectivity index (χ2n) is 6.07. The molecule has 2 aliphatic heterocycles. The van der Waals surface area contributed by atoms with Crippen LogP contribution < -0.4 is 10.2 Å². The summed E-state index contributed by atoms with van der Waals surface area (Å²) in [5.41, 5.74) is 0. The van der Waals surface area contributed by atoms with Gasteiger partial charge in [0.1, 0.15) is 0 Å². The largest absolute Gasteiger partial charge is 0.350 e. The van der Waals surface area contributed by atoms with Gasteiger partial charge in [-0.25, -0.2) is 12.7 Å². The number of nitrogens with one attached hydrogen (secondary N) is 2. The summed E-state index contributed by atoms with van der Waals surface area (Å²) in [6.45, 7) is 6.81. The predicted molar refractivity (Wildman–Crippen MR) is 81.6 cm³/mol. The van der Waals surface area contributed by atoms with E-state index in [2.05, 4.69) is 5.32 Å². The predicted octanol–water partition coefficient (Wildman–Crippen LogP) is -1.16. The molecule has 0 aromatic heterocycles. The molecule has 0 atom stereocenters. The summed E-state index contributed by atoms with van der Waals surface area (Å²) < 4.78 is 25.1. The van der Waals surface area contributed by atoms with Crippen LogP contribution in [0.15, 0.2) is 0 Å². The van der Waals surface area contributed by atoms with Crippen molar-refractivity contribution < 1.29 is 18.1 Å². The SMILES string of the molecule is CCS(=O)(=O)N1CCC(C(=O)NCC[NH+]2CCCC2)CC1. The number of sulfonamides is 1. The van der Waals surface area contributed by atoms with E-state index >= 15 is 0 Å². The van der Waals surface area contributed by atoms with Gasteiger partial charge in [-0.1, -0.05) is 0 Å². The van der Waals surface area contributed by atoms with Crippen molar-refractivity contribution in [3.63, 3.8) is 0 Å². The van der Waals surface area contributed by atoms with E-state index in [0.29, 0.717) is 25.9 Å². The van der Waals surface area contributed by atoms with Crippen LogP contribution in [0, 0.1) is 5.92 Å². The lowest BCUT2D eigenvalue weighted by molar-refractivity contribution is -0.886. The number of carbonyl (C=O) groups excluding carboxylic acids is 1. The Balaban J connectivity index is 1.68. The molecule has 0 aliphatic carbocycles. The molecule has 1 amide bonds. The summed E-state index contributed by atoms with van der Waals surface area (Å²) in [5, 5.41) is 3.02. The molecule has 7 heteroatoms. The van der Waals surface area contributed by atoms with Crippen LogP contribution in [-0.2, 0) is 14.8 Å². The van der Waals surface area contributed by atoms with Crippen LogP contribution >= 0.6 is 0 Å². The molecule has 2 heterocycles. The molecule has 0 radical (unpaired) electrons. The fraction of sp³-hybridized carbons (Fsp3) is 0.929. The molecule has 2 N–H and O–H groups in total. The summed E-state index contributed by atoms with van der Waals surface area (Å²) in [6, 6.07) is 0. The van der Waals surface area contributed by atoms with Crippen LogP contribution in [0.2, 0.25) is 0 Å². The smallest absolute Gasteiger partial charge is 0.223 e. The summed E-state index contributed by atoms with van der Waals surface area (Å²) in [4.78, 5) is 13.7. The fourth-order valence-electron chi connectivity index (χ4n) is 3.21. The Bertz CT molecular complexity index is 438. The quantitative estimate of drug-likeness (QED) is 0.649. The molecule has 2 aliphatic rings. The molecule has 0 bridgehead atoms. The third kappa shape index (κ3) is 4.66. The maximum Gasteiger partial charge on any atom is 0.223 e. The average Bonchev–Trinajstić information content (AvgIpc) is 3.00. The van der Waals surface area contributed by atoms with Crippen LogP contribution in [0.25, 0.3) is 0 Å². The molecule has 2 fully saturated rings. The van der Waals surface area contributed by atoms with E-state index in [1.165, 1.54) is 30.2 Å².